The molecule has 4 N–H and O–H groups in total. The van der Waals surface area contributed by atoms with E-state index in [4.69, 9.17) is 11.6 Å². The number of rotatable bonds is 3. The monoisotopic (exact) mass is 369 g/mol. The van der Waals surface area contributed by atoms with Crippen LogP contribution in [0.15, 0.2) is 21.7 Å². The minimum absolute atomic E-state index is 0. The van der Waals surface area contributed by atoms with Gasteiger partial charge in [0, 0.05) is 19.1 Å². The summed E-state index contributed by atoms with van der Waals surface area (Å²) in [5, 5.41) is 0.139. The Kier molecular flexibility index (Phi) is 4.51. The van der Waals surface area contributed by atoms with Crippen LogP contribution < -0.4 is 27.7 Å². The largest absolute Gasteiger partial charge is 0.369 e. The molecule has 2 aliphatic rings. The predicted octanol–water partition coefficient (Wildman–Crippen LogP) is 0.558. The molecule has 25 heavy (non-hydrogen) atoms. The summed E-state index contributed by atoms with van der Waals surface area (Å²) in [5.41, 5.74) is 5.37. The molecule has 7 nitrogen and oxygen atoms in total. The van der Waals surface area contributed by atoms with Crippen molar-refractivity contribution < 1.29 is 4.39 Å². The number of hydrogen-bond acceptors (Lipinski definition) is 5. The molecule has 0 spiro atoms. The van der Waals surface area contributed by atoms with Crippen LogP contribution in [0, 0.1) is 11.7 Å². The number of nitrogens with two attached hydrogens (primary N) is 2. The molecule has 2 aromatic rings. The van der Waals surface area contributed by atoms with Crippen LogP contribution >= 0.6 is 12.4 Å². The lowest BCUT2D eigenvalue weighted by Crippen LogP contribution is -2.44. The van der Waals surface area contributed by atoms with Crippen molar-refractivity contribution in [2.24, 2.45) is 11.7 Å². The average Bonchev–Trinajstić information content (AvgIpc) is 3.29. The molecule has 1 aliphatic heterocycles. The van der Waals surface area contributed by atoms with Crippen LogP contribution in [0.4, 0.5) is 10.1 Å². The zero-order chi connectivity index (χ0) is 17.0. The Morgan fingerprint density at radius 2 is 1.92 bits per heavy atom. The fourth-order valence-electron chi connectivity index (χ4n) is 3.53. The summed E-state index contributed by atoms with van der Waals surface area (Å²) in [6.45, 7) is 1.96. The van der Waals surface area contributed by atoms with Gasteiger partial charge in [-0.15, -0.1) is 12.4 Å². The van der Waals surface area contributed by atoms with Crippen LogP contribution in [0.1, 0.15) is 25.3 Å². The van der Waals surface area contributed by atoms with E-state index in [2.05, 4.69) is 0 Å². The zero-order valence-corrected chi connectivity index (χ0v) is 14.5. The molecule has 1 aromatic carbocycles. The summed E-state index contributed by atoms with van der Waals surface area (Å²) in [7, 11) is 0. The van der Waals surface area contributed by atoms with Crippen molar-refractivity contribution in [1.29, 1.82) is 0 Å². The van der Waals surface area contributed by atoms with E-state index in [0.717, 1.165) is 19.3 Å². The first-order chi connectivity index (χ1) is 11.5. The fourth-order valence-corrected chi connectivity index (χ4v) is 3.53. The van der Waals surface area contributed by atoms with Crippen LogP contribution in [0.25, 0.3) is 10.9 Å². The molecule has 1 aliphatic carbocycles. The second-order valence-electron chi connectivity index (χ2n) is 6.72. The molecule has 9 heteroatoms. The topological polar surface area (TPSA) is 99.3 Å². The van der Waals surface area contributed by atoms with Gasteiger partial charge in [0.05, 0.1) is 16.6 Å². The molecule has 2 heterocycles. The first-order valence-electron chi connectivity index (χ1n) is 8.22. The van der Waals surface area contributed by atoms with Gasteiger partial charge >= 0.3 is 5.69 Å². The molecule has 1 unspecified atom stereocenters. The molecule has 1 aromatic heterocycles. The lowest BCUT2D eigenvalue weighted by molar-refractivity contribution is 0.597. The molecule has 1 saturated carbocycles. The predicted molar refractivity (Wildman–Crippen MR) is 97.5 cm³/mol. The van der Waals surface area contributed by atoms with Gasteiger partial charge in [-0.2, -0.15) is 4.68 Å². The van der Waals surface area contributed by atoms with Gasteiger partial charge in [0.1, 0.15) is 5.82 Å². The van der Waals surface area contributed by atoms with E-state index in [1.165, 1.54) is 10.6 Å². The Labute approximate surface area is 149 Å². The van der Waals surface area contributed by atoms with Gasteiger partial charge in [-0.1, -0.05) is 0 Å². The lowest BCUT2D eigenvalue weighted by Gasteiger charge is -2.21. The van der Waals surface area contributed by atoms with E-state index in [1.807, 2.05) is 4.90 Å². The number of anilines is 1. The van der Waals surface area contributed by atoms with E-state index < -0.39 is 17.1 Å². The third-order valence-electron chi connectivity index (χ3n) is 5.06. The Hall–Kier alpha value is -2.06. The van der Waals surface area contributed by atoms with E-state index in [1.54, 1.807) is 6.07 Å². The van der Waals surface area contributed by atoms with Crippen molar-refractivity contribution in [3.8, 4) is 0 Å². The number of nitrogens with zero attached hydrogens (tertiary/aromatic N) is 3. The summed E-state index contributed by atoms with van der Waals surface area (Å²) < 4.78 is 16.7. The van der Waals surface area contributed by atoms with E-state index in [0.29, 0.717) is 41.4 Å². The molecule has 136 valence electrons. The molecule has 0 bridgehead atoms. The highest BCUT2D eigenvalue weighted by molar-refractivity contribution is 5.85. The Balaban J connectivity index is 0.00000182. The van der Waals surface area contributed by atoms with Crippen molar-refractivity contribution >= 4 is 29.0 Å². The first-order valence-corrected chi connectivity index (χ1v) is 8.22. The quantitative estimate of drug-likeness (QED) is 0.770. The second-order valence-corrected chi connectivity index (χ2v) is 6.72. The summed E-state index contributed by atoms with van der Waals surface area (Å²) in [4.78, 5) is 26.6. The van der Waals surface area contributed by atoms with Crippen LogP contribution in [0.2, 0.25) is 0 Å². The van der Waals surface area contributed by atoms with Crippen LogP contribution in [-0.4, -0.2) is 28.9 Å². The lowest BCUT2D eigenvalue weighted by atomic mass is 10.1. The molecule has 0 radical (unpaired) electrons. The van der Waals surface area contributed by atoms with Crippen molar-refractivity contribution in [3.63, 3.8) is 0 Å². The van der Waals surface area contributed by atoms with Crippen molar-refractivity contribution in [1.82, 2.24) is 9.24 Å². The maximum absolute atomic E-state index is 14.6. The van der Waals surface area contributed by atoms with Crippen molar-refractivity contribution in [2.75, 3.05) is 30.4 Å². The summed E-state index contributed by atoms with van der Waals surface area (Å²) in [5.74, 6) is 5.45. The highest BCUT2D eigenvalue weighted by Gasteiger charge is 2.30. The van der Waals surface area contributed by atoms with Crippen LogP contribution in [0.5, 0.6) is 0 Å². The normalized spacial score (nSPS) is 20.1. The molecule has 2 fully saturated rings. The minimum atomic E-state index is -0.668. The van der Waals surface area contributed by atoms with Crippen molar-refractivity contribution in [3.05, 3.63) is 38.8 Å². The van der Waals surface area contributed by atoms with Crippen LogP contribution in [-0.2, 0) is 0 Å². The standard InChI is InChI=1S/C16H20FN5O2.ClH/c17-12-5-11-13(6-14(12)20-4-3-9(7-18)8-20)21(10-1-2-10)16(24)22(19)15(11)23;/h5-6,9-10H,1-4,7-8,18-19H2;1H. The molecule has 1 saturated heterocycles. The van der Waals surface area contributed by atoms with Gasteiger partial charge in [0.15, 0.2) is 0 Å². The number of aromatic nitrogens is 2. The number of fused-ring (bicyclic) bond motifs is 1. The SMILES string of the molecule is Cl.NCC1CCN(c2cc3c(cc2F)c(=O)n(N)c(=O)n3C2CC2)C1. The number of halogens is 2. The van der Waals surface area contributed by atoms with Gasteiger partial charge in [-0.05, 0) is 43.9 Å². The first kappa shape index (κ1) is 17.8. The molecule has 1 atom stereocenters. The van der Waals surface area contributed by atoms with Gasteiger partial charge in [-0.3, -0.25) is 9.36 Å². The summed E-state index contributed by atoms with van der Waals surface area (Å²) in [6, 6.07) is 2.85. The third kappa shape index (κ3) is 2.79. The fraction of sp³-hybridized carbons (Fsp3) is 0.500. The number of benzene rings is 1. The average molecular weight is 370 g/mol. The Morgan fingerprint density at radius 1 is 1.20 bits per heavy atom. The van der Waals surface area contributed by atoms with Crippen LogP contribution in [0.3, 0.4) is 0 Å². The molecular weight excluding hydrogens is 349 g/mol. The van der Waals surface area contributed by atoms with E-state index >= 15 is 0 Å². The smallest absolute Gasteiger partial charge is 0.350 e. The van der Waals surface area contributed by atoms with E-state index in [9.17, 15) is 14.0 Å². The van der Waals surface area contributed by atoms with Gasteiger partial charge in [0.25, 0.3) is 5.56 Å². The highest BCUT2D eigenvalue weighted by atomic mass is 35.5. The molecule has 0 amide bonds. The zero-order valence-electron chi connectivity index (χ0n) is 13.7. The molecular formula is C16H21ClFN5O2. The third-order valence-corrected chi connectivity index (χ3v) is 5.06. The molecule has 4 rings (SSSR count). The number of hydrogen-bond donors (Lipinski definition) is 2. The highest BCUT2D eigenvalue weighted by Crippen LogP contribution is 2.36. The van der Waals surface area contributed by atoms with Gasteiger partial charge in [0.2, 0.25) is 0 Å². The second kappa shape index (κ2) is 6.34. The minimum Gasteiger partial charge on any atom is -0.369 e. The summed E-state index contributed by atoms with van der Waals surface area (Å²) >= 11 is 0. The maximum atomic E-state index is 14.6. The maximum Gasteiger partial charge on any atom is 0.350 e. The van der Waals surface area contributed by atoms with E-state index in [-0.39, 0.29) is 23.8 Å². The Morgan fingerprint density at radius 3 is 2.52 bits per heavy atom. The Bertz CT molecular complexity index is 937. The van der Waals surface area contributed by atoms with Gasteiger partial charge in [-0.25, -0.2) is 9.18 Å². The number of nitrogen functional groups attached to an aromatic ring is 1. The van der Waals surface area contributed by atoms with Gasteiger partial charge < -0.3 is 16.5 Å². The van der Waals surface area contributed by atoms with Crippen molar-refractivity contribution in [2.45, 2.75) is 25.3 Å². The summed E-state index contributed by atoms with van der Waals surface area (Å²) in [6.07, 6.45) is 2.63.